The zero-order valence-electron chi connectivity index (χ0n) is 16.7. The van der Waals surface area contributed by atoms with Crippen LogP contribution in [0.3, 0.4) is 0 Å². The zero-order chi connectivity index (χ0) is 22.6. The van der Waals surface area contributed by atoms with Crippen LogP contribution in [0, 0.1) is 0 Å². The van der Waals surface area contributed by atoms with Gasteiger partial charge in [0.1, 0.15) is 12.1 Å². The van der Waals surface area contributed by atoms with E-state index in [2.05, 4.69) is 15.0 Å². The SMILES string of the molecule is COC1C(=O)O/C(=C\COP(=O)(O)COCCn2cnc3c(=O)[nH]c(N)nc32)C1OC. The summed E-state index contributed by atoms with van der Waals surface area (Å²) in [5, 5.41) is 0. The second kappa shape index (κ2) is 9.68. The number of cyclic esters (lactones) is 1. The Kier molecular flexibility index (Phi) is 7.20. The third-order valence-corrected chi connectivity index (χ3v) is 5.36. The summed E-state index contributed by atoms with van der Waals surface area (Å²) < 4.78 is 39.0. The molecule has 4 N–H and O–H groups in total. The number of rotatable bonds is 10. The molecule has 0 spiro atoms. The number of carbonyl (C=O) groups excluding carboxylic acids is 1. The van der Waals surface area contributed by atoms with Crippen molar-refractivity contribution in [3.05, 3.63) is 28.5 Å². The summed E-state index contributed by atoms with van der Waals surface area (Å²) in [6, 6.07) is 0. The van der Waals surface area contributed by atoms with E-state index < -0.39 is 37.7 Å². The number of esters is 1. The maximum Gasteiger partial charge on any atom is 0.353 e. The van der Waals surface area contributed by atoms with Crippen molar-refractivity contribution in [3.63, 3.8) is 0 Å². The van der Waals surface area contributed by atoms with Crippen LogP contribution < -0.4 is 11.3 Å². The lowest BCUT2D eigenvalue weighted by Crippen LogP contribution is -2.30. The predicted octanol–water partition coefficient (Wildman–Crippen LogP) is -0.651. The normalized spacial score (nSPS) is 22.2. The quantitative estimate of drug-likeness (QED) is 0.231. The number of aromatic amines is 1. The van der Waals surface area contributed by atoms with E-state index in [9.17, 15) is 19.0 Å². The number of nitrogen functional groups attached to an aromatic ring is 1. The first-order chi connectivity index (χ1) is 14.8. The Morgan fingerprint density at radius 2 is 2.10 bits per heavy atom. The fraction of sp³-hybridized carbons (Fsp3) is 0.500. The first-order valence-electron chi connectivity index (χ1n) is 8.98. The number of aromatic nitrogens is 4. The highest BCUT2D eigenvalue weighted by molar-refractivity contribution is 7.52. The van der Waals surface area contributed by atoms with E-state index >= 15 is 0 Å². The standard InChI is InChI=1S/C16H22N5O9P/c1-26-11-9(30-15(23)12(11)27-2)3-5-29-31(24,25)8-28-6-4-21-7-18-10-13(21)19-16(17)20-14(10)22/h3,7,11-12H,4-6,8H2,1-2H3,(H,24,25)(H3,17,19,20,22)/b9-3-. The number of nitrogens with zero attached hydrogens (tertiary/aromatic N) is 3. The molecule has 3 heterocycles. The van der Waals surface area contributed by atoms with Crippen LogP contribution in [0.5, 0.6) is 0 Å². The van der Waals surface area contributed by atoms with Gasteiger partial charge in [-0.05, 0) is 6.08 Å². The molecule has 0 aromatic carbocycles. The maximum atomic E-state index is 12.1. The number of anilines is 1. The molecule has 0 amide bonds. The summed E-state index contributed by atoms with van der Waals surface area (Å²) >= 11 is 0. The molecule has 0 bridgehead atoms. The Hall–Kier alpha value is -2.61. The van der Waals surface area contributed by atoms with Crippen molar-refractivity contribution in [2.24, 2.45) is 0 Å². The molecule has 0 radical (unpaired) electrons. The minimum atomic E-state index is -4.08. The number of nitrogens with one attached hydrogen (secondary N) is 1. The van der Waals surface area contributed by atoms with Crippen molar-refractivity contribution in [3.8, 4) is 0 Å². The summed E-state index contributed by atoms with van der Waals surface area (Å²) in [7, 11) is -1.36. The van der Waals surface area contributed by atoms with E-state index in [0.717, 1.165) is 0 Å². The van der Waals surface area contributed by atoms with Gasteiger partial charge in [-0.15, -0.1) is 0 Å². The number of ether oxygens (including phenoxy) is 4. The van der Waals surface area contributed by atoms with E-state index in [1.807, 2.05) is 0 Å². The Morgan fingerprint density at radius 1 is 1.35 bits per heavy atom. The molecule has 15 heteroatoms. The van der Waals surface area contributed by atoms with Crippen LogP contribution in [0.1, 0.15) is 0 Å². The van der Waals surface area contributed by atoms with Gasteiger partial charge < -0.3 is 38.7 Å². The summed E-state index contributed by atoms with van der Waals surface area (Å²) in [6.07, 6.45) is 0.446. The second-order valence-corrected chi connectivity index (χ2v) is 8.16. The number of hydrogen-bond donors (Lipinski definition) is 3. The molecule has 1 fully saturated rings. The molecule has 1 aliphatic heterocycles. The molecule has 0 saturated carbocycles. The maximum absolute atomic E-state index is 12.1. The Morgan fingerprint density at radius 3 is 2.81 bits per heavy atom. The van der Waals surface area contributed by atoms with Crippen molar-refractivity contribution in [2.45, 2.75) is 18.8 Å². The molecule has 3 unspecified atom stereocenters. The highest BCUT2D eigenvalue weighted by Gasteiger charge is 2.42. The van der Waals surface area contributed by atoms with Gasteiger partial charge in [-0.2, -0.15) is 4.98 Å². The highest BCUT2D eigenvalue weighted by atomic mass is 31.2. The van der Waals surface area contributed by atoms with Gasteiger partial charge in [0, 0.05) is 20.8 Å². The molecule has 0 aliphatic carbocycles. The van der Waals surface area contributed by atoms with Crippen molar-refractivity contribution in [1.29, 1.82) is 0 Å². The van der Waals surface area contributed by atoms with Crippen molar-refractivity contribution < 1.29 is 37.7 Å². The van der Waals surface area contributed by atoms with Gasteiger partial charge in [0.05, 0.1) is 19.5 Å². The third kappa shape index (κ3) is 5.36. The minimum absolute atomic E-state index is 0.0216. The number of H-pyrrole nitrogens is 1. The fourth-order valence-electron chi connectivity index (χ4n) is 2.87. The molecule has 14 nitrogen and oxygen atoms in total. The number of methoxy groups -OCH3 is 2. The summed E-state index contributed by atoms with van der Waals surface area (Å²) in [4.78, 5) is 43.6. The van der Waals surface area contributed by atoms with E-state index in [-0.39, 0.29) is 42.6 Å². The van der Waals surface area contributed by atoms with E-state index in [0.29, 0.717) is 0 Å². The lowest BCUT2D eigenvalue weighted by Gasteiger charge is -2.13. The van der Waals surface area contributed by atoms with Gasteiger partial charge >= 0.3 is 13.6 Å². The third-order valence-electron chi connectivity index (χ3n) is 4.30. The van der Waals surface area contributed by atoms with Gasteiger partial charge in [0.15, 0.2) is 23.4 Å². The second-order valence-electron chi connectivity index (χ2n) is 6.37. The number of hydrogen-bond acceptors (Lipinski definition) is 11. The van der Waals surface area contributed by atoms with E-state index in [4.69, 9.17) is 29.2 Å². The van der Waals surface area contributed by atoms with Gasteiger partial charge in [-0.25, -0.2) is 9.78 Å². The molecular weight excluding hydrogens is 437 g/mol. The summed E-state index contributed by atoms with van der Waals surface area (Å²) in [6.45, 7) is -0.0811. The number of nitrogens with two attached hydrogens (primary N) is 1. The molecule has 1 saturated heterocycles. The van der Waals surface area contributed by atoms with Crippen molar-refractivity contribution in [1.82, 2.24) is 19.5 Å². The smallest absolute Gasteiger partial charge is 0.353 e. The zero-order valence-corrected chi connectivity index (χ0v) is 17.6. The molecular formula is C16H22N5O9P. The Bertz CT molecular complexity index is 1080. The molecule has 1 aliphatic rings. The first-order valence-corrected chi connectivity index (χ1v) is 10.7. The van der Waals surface area contributed by atoms with Gasteiger partial charge in [-0.1, -0.05) is 0 Å². The number of carbonyl (C=O) groups is 1. The van der Waals surface area contributed by atoms with E-state index in [1.165, 1.54) is 31.2 Å². The van der Waals surface area contributed by atoms with Gasteiger partial charge in [0.2, 0.25) is 5.95 Å². The first kappa shape index (κ1) is 23.1. The molecule has 3 atom stereocenters. The molecule has 170 valence electrons. The predicted molar refractivity (Wildman–Crippen MR) is 105 cm³/mol. The van der Waals surface area contributed by atoms with Crippen LogP contribution in [0.4, 0.5) is 5.95 Å². The average Bonchev–Trinajstić information content (AvgIpc) is 3.25. The largest absolute Gasteiger partial charge is 0.426 e. The minimum Gasteiger partial charge on any atom is -0.426 e. The molecule has 31 heavy (non-hydrogen) atoms. The lowest BCUT2D eigenvalue weighted by molar-refractivity contribution is -0.145. The Labute approximate surface area is 175 Å². The fourth-order valence-corrected chi connectivity index (χ4v) is 3.61. The van der Waals surface area contributed by atoms with Crippen LogP contribution >= 0.6 is 7.60 Å². The van der Waals surface area contributed by atoms with Crippen molar-refractivity contribution >= 4 is 30.7 Å². The summed E-state index contributed by atoms with van der Waals surface area (Å²) in [5.74, 6) is -0.543. The number of imidazole rings is 1. The molecule has 2 aromatic heterocycles. The van der Waals surface area contributed by atoms with Gasteiger partial charge in [-0.3, -0.25) is 14.3 Å². The molecule has 3 rings (SSSR count). The van der Waals surface area contributed by atoms with Crippen LogP contribution in [-0.4, -0.2) is 76.4 Å². The Balaban J connectivity index is 1.48. The average molecular weight is 459 g/mol. The monoisotopic (exact) mass is 459 g/mol. The molecule has 2 aromatic rings. The van der Waals surface area contributed by atoms with E-state index in [1.54, 1.807) is 0 Å². The van der Waals surface area contributed by atoms with Gasteiger partial charge in [0.25, 0.3) is 5.56 Å². The van der Waals surface area contributed by atoms with Crippen LogP contribution in [0.15, 0.2) is 23.0 Å². The number of fused-ring (bicyclic) bond motifs is 1. The summed E-state index contributed by atoms with van der Waals surface area (Å²) in [5.41, 5.74) is 5.45. The topological polar surface area (TPSA) is 190 Å². The van der Waals surface area contributed by atoms with Crippen molar-refractivity contribution in [2.75, 3.05) is 39.5 Å². The highest BCUT2D eigenvalue weighted by Crippen LogP contribution is 2.41. The van der Waals surface area contributed by atoms with Crippen LogP contribution in [0.25, 0.3) is 11.2 Å². The van der Waals surface area contributed by atoms with Crippen LogP contribution in [-0.2, 0) is 39.4 Å². The van der Waals surface area contributed by atoms with Crippen LogP contribution in [0.2, 0.25) is 0 Å². The lowest BCUT2D eigenvalue weighted by atomic mass is 10.2.